The first-order chi connectivity index (χ1) is 15.8. The average Bonchev–Trinajstić information content (AvgIpc) is 3.29. The molecular weight excluding hydrogens is 438 g/mol. The zero-order valence-corrected chi connectivity index (χ0v) is 20.3. The molecule has 0 spiro atoms. The lowest BCUT2D eigenvalue weighted by Gasteiger charge is -2.19. The van der Waals surface area contributed by atoms with Gasteiger partial charge in [0.2, 0.25) is 0 Å². The van der Waals surface area contributed by atoms with Crippen LogP contribution >= 0.6 is 11.9 Å². The maximum atomic E-state index is 12.7. The Morgan fingerprint density at radius 3 is 2.58 bits per heavy atom. The molecule has 1 aliphatic heterocycles. The van der Waals surface area contributed by atoms with Gasteiger partial charge < -0.3 is 20.3 Å². The van der Waals surface area contributed by atoms with Crippen LogP contribution in [0.15, 0.2) is 47.5 Å². The van der Waals surface area contributed by atoms with Crippen LogP contribution in [0.2, 0.25) is 0 Å². The number of amides is 2. The highest BCUT2D eigenvalue weighted by Crippen LogP contribution is 2.25. The Labute approximate surface area is 200 Å². The number of rotatable bonds is 9. The molecule has 1 saturated heterocycles. The Morgan fingerprint density at radius 1 is 1.12 bits per heavy atom. The number of carbonyl (C=O) groups excluding carboxylic acids is 2. The van der Waals surface area contributed by atoms with Gasteiger partial charge in [0, 0.05) is 25.8 Å². The molecule has 2 amide bonds. The predicted molar refractivity (Wildman–Crippen MR) is 131 cm³/mol. The lowest BCUT2D eigenvalue weighted by molar-refractivity contribution is 0.0574. The minimum Gasteiger partial charge on any atom is -0.443 e. The van der Waals surface area contributed by atoms with E-state index in [2.05, 4.69) is 25.2 Å². The number of aromatic nitrogens is 1. The standard InChI is InChI=1S/C24H33N5O3S/c1-24(2,3)32-23(31)28-33-21-9-5-4-8-19(21)27-22(30)20-11-10-18(17-26-20)16-25-12-15-29-13-6-7-14-29/h4-5,8-11,17,25H,6-7,12-16H2,1-3H3,(H,27,30)(H,28,31). The van der Waals surface area contributed by atoms with Gasteiger partial charge in [-0.25, -0.2) is 4.79 Å². The van der Waals surface area contributed by atoms with E-state index in [1.165, 1.54) is 25.9 Å². The van der Waals surface area contributed by atoms with Crippen LogP contribution in [0.25, 0.3) is 0 Å². The fourth-order valence-corrected chi connectivity index (χ4v) is 3.99. The van der Waals surface area contributed by atoms with Crippen LogP contribution in [-0.4, -0.2) is 53.7 Å². The molecule has 0 atom stereocenters. The van der Waals surface area contributed by atoms with E-state index in [4.69, 9.17) is 4.74 Å². The van der Waals surface area contributed by atoms with E-state index in [-0.39, 0.29) is 5.91 Å². The molecule has 3 rings (SSSR count). The molecule has 1 aromatic heterocycles. The molecule has 0 bridgehead atoms. The molecule has 178 valence electrons. The van der Waals surface area contributed by atoms with Gasteiger partial charge in [-0.1, -0.05) is 18.2 Å². The van der Waals surface area contributed by atoms with Gasteiger partial charge in [0.25, 0.3) is 5.91 Å². The molecule has 1 aromatic carbocycles. The number of carbonyl (C=O) groups is 2. The van der Waals surface area contributed by atoms with Crippen LogP contribution in [0.3, 0.4) is 0 Å². The van der Waals surface area contributed by atoms with Gasteiger partial charge >= 0.3 is 6.09 Å². The van der Waals surface area contributed by atoms with E-state index >= 15 is 0 Å². The van der Waals surface area contributed by atoms with Gasteiger partial charge in [-0.2, -0.15) is 0 Å². The molecule has 9 heteroatoms. The second-order valence-electron chi connectivity index (χ2n) is 8.93. The molecule has 33 heavy (non-hydrogen) atoms. The molecule has 0 saturated carbocycles. The maximum Gasteiger partial charge on any atom is 0.418 e. The summed E-state index contributed by atoms with van der Waals surface area (Å²) in [7, 11) is 0. The van der Waals surface area contributed by atoms with Crippen molar-refractivity contribution in [2.75, 3.05) is 31.5 Å². The second kappa shape index (κ2) is 12.0. The topological polar surface area (TPSA) is 95.6 Å². The zero-order valence-electron chi connectivity index (χ0n) is 19.5. The number of hydrogen-bond acceptors (Lipinski definition) is 7. The van der Waals surface area contributed by atoms with Crippen LogP contribution in [0.1, 0.15) is 49.7 Å². The molecule has 2 heterocycles. The van der Waals surface area contributed by atoms with Crippen molar-refractivity contribution in [1.82, 2.24) is 19.9 Å². The number of nitrogens with zero attached hydrogens (tertiary/aromatic N) is 2. The summed E-state index contributed by atoms with van der Waals surface area (Å²) >= 11 is 1.08. The zero-order chi connectivity index (χ0) is 23.7. The van der Waals surface area contributed by atoms with Crippen molar-refractivity contribution in [3.05, 3.63) is 53.9 Å². The van der Waals surface area contributed by atoms with Gasteiger partial charge in [-0.15, -0.1) is 0 Å². The van der Waals surface area contributed by atoms with Gasteiger partial charge in [-0.05, 0) is 82.4 Å². The number of anilines is 1. The van der Waals surface area contributed by atoms with E-state index in [1.54, 1.807) is 39.1 Å². The number of nitrogens with one attached hydrogen (secondary N) is 3. The summed E-state index contributed by atoms with van der Waals surface area (Å²) in [5.74, 6) is -0.311. The third-order valence-electron chi connectivity index (χ3n) is 4.97. The van der Waals surface area contributed by atoms with E-state index in [9.17, 15) is 9.59 Å². The molecule has 0 radical (unpaired) electrons. The summed E-state index contributed by atoms with van der Waals surface area (Å²) < 4.78 is 7.88. The highest BCUT2D eigenvalue weighted by molar-refractivity contribution is 7.98. The summed E-state index contributed by atoms with van der Waals surface area (Å²) in [6.07, 6.45) is 3.79. The number of para-hydroxylation sites is 1. The Kier molecular flexibility index (Phi) is 9.11. The smallest absolute Gasteiger partial charge is 0.418 e. The summed E-state index contributed by atoms with van der Waals surface area (Å²) in [6, 6.07) is 10.9. The van der Waals surface area contributed by atoms with Crippen LogP contribution in [-0.2, 0) is 11.3 Å². The highest BCUT2D eigenvalue weighted by Gasteiger charge is 2.17. The first kappa shape index (κ1) is 25.0. The molecule has 1 aliphatic rings. The van der Waals surface area contributed by atoms with E-state index < -0.39 is 11.7 Å². The van der Waals surface area contributed by atoms with Crippen molar-refractivity contribution >= 4 is 29.6 Å². The number of ether oxygens (including phenoxy) is 1. The van der Waals surface area contributed by atoms with Crippen molar-refractivity contribution in [1.29, 1.82) is 0 Å². The van der Waals surface area contributed by atoms with Gasteiger partial charge in [0.15, 0.2) is 0 Å². The molecule has 0 unspecified atom stereocenters. The number of benzene rings is 1. The third-order valence-corrected chi connectivity index (χ3v) is 5.81. The quantitative estimate of drug-likeness (QED) is 0.375. The summed E-state index contributed by atoms with van der Waals surface area (Å²) in [6.45, 7) is 10.5. The van der Waals surface area contributed by atoms with Crippen LogP contribution in [0.5, 0.6) is 0 Å². The van der Waals surface area contributed by atoms with Crippen LogP contribution in [0, 0.1) is 0 Å². The predicted octanol–water partition coefficient (Wildman–Crippen LogP) is 4.05. The van der Waals surface area contributed by atoms with Crippen molar-refractivity contribution in [2.24, 2.45) is 0 Å². The Morgan fingerprint density at radius 2 is 1.88 bits per heavy atom. The van der Waals surface area contributed by atoms with Crippen molar-refractivity contribution in [2.45, 2.75) is 50.7 Å². The van der Waals surface area contributed by atoms with Gasteiger partial charge in [0.05, 0.1) is 10.6 Å². The van der Waals surface area contributed by atoms with Gasteiger partial charge in [-0.3, -0.25) is 14.5 Å². The highest BCUT2D eigenvalue weighted by atomic mass is 32.2. The third kappa shape index (κ3) is 8.68. The summed E-state index contributed by atoms with van der Waals surface area (Å²) in [4.78, 5) is 32.1. The minimum absolute atomic E-state index is 0.311. The molecular formula is C24H33N5O3S. The van der Waals surface area contributed by atoms with Crippen LogP contribution in [0.4, 0.5) is 10.5 Å². The van der Waals surface area contributed by atoms with Crippen molar-refractivity contribution in [3.8, 4) is 0 Å². The lowest BCUT2D eigenvalue weighted by Crippen LogP contribution is -2.29. The van der Waals surface area contributed by atoms with Gasteiger partial charge in [0.1, 0.15) is 11.3 Å². The Bertz CT molecular complexity index is 924. The number of pyridine rings is 1. The Balaban J connectivity index is 1.48. The number of likely N-dealkylation sites (tertiary alicyclic amines) is 1. The SMILES string of the molecule is CC(C)(C)OC(=O)NSc1ccccc1NC(=O)c1ccc(CNCCN2CCCC2)cn1. The van der Waals surface area contributed by atoms with E-state index in [0.717, 1.165) is 37.1 Å². The van der Waals surface area contributed by atoms with E-state index in [1.807, 2.05) is 24.3 Å². The maximum absolute atomic E-state index is 12.7. The molecule has 0 aliphatic carbocycles. The average molecular weight is 472 g/mol. The minimum atomic E-state index is -0.584. The first-order valence-corrected chi connectivity index (χ1v) is 12.1. The van der Waals surface area contributed by atoms with Crippen molar-refractivity contribution < 1.29 is 14.3 Å². The monoisotopic (exact) mass is 471 g/mol. The van der Waals surface area contributed by atoms with E-state index in [0.29, 0.717) is 16.3 Å². The number of hydrogen-bond donors (Lipinski definition) is 3. The first-order valence-electron chi connectivity index (χ1n) is 11.2. The largest absolute Gasteiger partial charge is 0.443 e. The summed E-state index contributed by atoms with van der Waals surface area (Å²) in [5.41, 5.74) is 1.36. The Hall–Kier alpha value is -2.62. The fraction of sp³-hybridized carbons (Fsp3) is 0.458. The normalized spacial score (nSPS) is 14.2. The van der Waals surface area contributed by atoms with Crippen LogP contribution < -0.4 is 15.4 Å². The molecule has 1 fully saturated rings. The molecule has 3 N–H and O–H groups in total. The lowest BCUT2D eigenvalue weighted by atomic mass is 10.2. The molecule has 8 nitrogen and oxygen atoms in total. The van der Waals surface area contributed by atoms with Crippen molar-refractivity contribution in [3.63, 3.8) is 0 Å². The fourth-order valence-electron chi connectivity index (χ4n) is 3.38. The molecule has 2 aromatic rings. The second-order valence-corrected chi connectivity index (χ2v) is 9.78. The summed E-state index contributed by atoms with van der Waals surface area (Å²) in [5, 5.41) is 6.30.